The van der Waals surface area contributed by atoms with E-state index in [2.05, 4.69) is 5.32 Å². The molecule has 0 heterocycles. The van der Waals surface area contributed by atoms with Crippen molar-refractivity contribution >= 4 is 0 Å². The fourth-order valence-electron chi connectivity index (χ4n) is 1.90. The SMILES string of the molecule is CC(C)OCCNCC1(O)CCCC1. The first kappa shape index (κ1) is 12.0. The summed E-state index contributed by atoms with van der Waals surface area (Å²) in [6.45, 7) is 6.34. The standard InChI is InChI=1S/C11H23NO2/c1-10(2)14-8-7-12-9-11(13)5-3-4-6-11/h10,12-13H,3-9H2,1-2H3. The van der Waals surface area contributed by atoms with Gasteiger partial charge in [-0.25, -0.2) is 0 Å². The summed E-state index contributed by atoms with van der Waals surface area (Å²) in [4.78, 5) is 0. The molecule has 0 aromatic carbocycles. The van der Waals surface area contributed by atoms with Crippen LogP contribution in [0.3, 0.4) is 0 Å². The first-order valence-corrected chi connectivity index (χ1v) is 5.67. The van der Waals surface area contributed by atoms with Gasteiger partial charge in [0.05, 0.1) is 18.3 Å². The third-order valence-electron chi connectivity index (χ3n) is 2.72. The molecule has 0 bridgehead atoms. The maximum Gasteiger partial charge on any atom is 0.0771 e. The molecular weight excluding hydrogens is 178 g/mol. The monoisotopic (exact) mass is 201 g/mol. The lowest BCUT2D eigenvalue weighted by molar-refractivity contribution is 0.0407. The summed E-state index contributed by atoms with van der Waals surface area (Å²) in [5.41, 5.74) is -0.433. The van der Waals surface area contributed by atoms with Crippen molar-refractivity contribution in [1.29, 1.82) is 0 Å². The van der Waals surface area contributed by atoms with Crippen molar-refractivity contribution < 1.29 is 9.84 Å². The molecule has 1 fully saturated rings. The van der Waals surface area contributed by atoms with Gasteiger partial charge in [0.15, 0.2) is 0 Å². The van der Waals surface area contributed by atoms with E-state index in [1.54, 1.807) is 0 Å². The summed E-state index contributed by atoms with van der Waals surface area (Å²) in [5, 5.41) is 13.2. The van der Waals surface area contributed by atoms with Crippen LogP contribution in [0, 0.1) is 0 Å². The topological polar surface area (TPSA) is 41.5 Å². The highest BCUT2D eigenvalue weighted by molar-refractivity contribution is 4.85. The van der Waals surface area contributed by atoms with Crippen LogP contribution in [0.15, 0.2) is 0 Å². The molecule has 3 nitrogen and oxygen atoms in total. The maximum atomic E-state index is 10.00. The van der Waals surface area contributed by atoms with Crippen molar-refractivity contribution in [2.24, 2.45) is 0 Å². The Morgan fingerprint density at radius 1 is 1.36 bits per heavy atom. The first-order chi connectivity index (χ1) is 6.62. The number of ether oxygens (including phenoxy) is 1. The Bertz CT molecular complexity index is 153. The van der Waals surface area contributed by atoms with Crippen LogP contribution in [-0.2, 0) is 4.74 Å². The van der Waals surface area contributed by atoms with Crippen LogP contribution in [0.4, 0.5) is 0 Å². The zero-order chi connectivity index (χ0) is 10.4. The molecule has 0 aromatic rings. The number of hydrogen-bond donors (Lipinski definition) is 2. The van der Waals surface area contributed by atoms with Gasteiger partial charge in [-0.05, 0) is 26.7 Å². The minimum absolute atomic E-state index is 0.298. The smallest absolute Gasteiger partial charge is 0.0771 e. The van der Waals surface area contributed by atoms with Gasteiger partial charge in [-0.2, -0.15) is 0 Å². The number of nitrogens with one attached hydrogen (secondary N) is 1. The van der Waals surface area contributed by atoms with Crippen LogP contribution in [0.5, 0.6) is 0 Å². The molecule has 1 saturated carbocycles. The zero-order valence-corrected chi connectivity index (χ0v) is 9.38. The fourth-order valence-corrected chi connectivity index (χ4v) is 1.90. The second kappa shape index (κ2) is 5.69. The van der Waals surface area contributed by atoms with E-state index in [0.717, 1.165) is 26.0 Å². The van der Waals surface area contributed by atoms with E-state index in [-0.39, 0.29) is 0 Å². The Morgan fingerprint density at radius 3 is 2.57 bits per heavy atom. The highest BCUT2D eigenvalue weighted by Crippen LogP contribution is 2.28. The van der Waals surface area contributed by atoms with Gasteiger partial charge in [-0.3, -0.25) is 0 Å². The summed E-state index contributed by atoms with van der Waals surface area (Å²) in [6.07, 6.45) is 4.53. The van der Waals surface area contributed by atoms with Crippen LogP contribution in [0.25, 0.3) is 0 Å². The molecule has 14 heavy (non-hydrogen) atoms. The third kappa shape index (κ3) is 4.40. The van der Waals surface area contributed by atoms with Crippen LogP contribution < -0.4 is 5.32 Å². The lowest BCUT2D eigenvalue weighted by Gasteiger charge is -2.22. The summed E-state index contributed by atoms with van der Waals surface area (Å²) < 4.78 is 5.40. The molecule has 0 unspecified atom stereocenters. The van der Waals surface area contributed by atoms with Crippen molar-refractivity contribution in [3.8, 4) is 0 Å². The molecule has 0 aliphatic heterocycles. The van der Waals surface area contributed by atoms with E-state index in [4.69, 9.17) is 4.74 Å². The minimum atomic E-state index is -0.433. The van der Waals surface area contributed by atoms with Gasteiger partial charge < -0.3 is 15.2 Å². The highest BCUT2D eigenvalue weighted by Gasteiger charge is 2.30. The number of hydrogen-bond acceptors (Lipinski definition) is 3. The largest absolute Gasteiger partial charge is 0.389 e. The van der Waals surface area contributed by atoms with Gasteiger partial charge in [0.2, 0.25) is 0 Å². The van der Waals surface area contributed by atoms with Crippen molar-refractivity contribution in [3.63, 3.8) is 0 Å². The quantitative estimate of drug-likeness (QED) is 0.637. The normalized spacial score (nSPS) is 20.6. The molecule has 84 valence electrons. The Hall–Kier alpha value is -0.120. The van der Waals surface area contributed by atoms with Crippen LogP contribution in [-0.4, -0.2) is 36.5 Å². The summed E-state index contributed by atoms with van der Waals surface area (Å²) in [5.74, 6) is 0. The molecule has 0 saturated heterocycles. The van der Waals surface area contributed by atoms with Gasteiger partial charge in [0.1, 0.15) is 0 Å². The summed E-state index contributed by atoms with van der Waals surface area (Å²) >= 11 is 0. The van der Waals surface area contributed by atoms with E-state index >= 15 is 0 Å². The van der Waals surface area contributed by atoms with Gasteiger partial charge in [0.25, 0.3) is 0 Å². The fraction of sp³-hybridized carbons (Fsp3) is 1.00. The first-order valence-electron chi connectivity index (χ1n) is 5.67. The van der Waals surface area contributed by atoms with Crippen LogP contribution in [0.2, 0.25) is 0 Å². The van der Waals surface area contributed by atoms with E-state index in [1.165, 1.54) is 12.8 Å². The number of aliphatic hydroxyl groups is 1. The molecule has 0 spiro atoms. The molecule has 0 atom stereocenters. The van der Waals surface area contributed by atoms with Crippen molar-refractivity contribution in [2.75, 3.05) is 19.7 Å². The lowest BCUT2D eigenvalue weighted by Crippen LogP contribution is -2.39. The Morgan fingerprint density at radius 2 is 2.00 bits per heavy atom. The lowest BCUT2D eigenvalue weighted by atomic mass is 10.0. The van der Waals surface area contributed by atoms with E-state index in [0.29, 0.717) is 12.6 Å². The van der Waals surface area contributed by atoms with Gasteiger partial charge in [0, 0.05) is 13.1 Å². The van der Waals surface area contributed by atoms with E-state index in [1.807, 2.05) is 13.8 Å². The van der Waals surface area contributed by atoms with Crippen molar-refractivity contribution in [2.45, 2.75) is 51.2 Å². The Balaban J connectivity index is 1.98. The van der Waals surface area contributed by atoms with E-state index < -0.39 is 5.60 Å². The van der Waals surface area contributed by atoms with Gasteiger partial charge in [-0.15, -0.1) is 0 Å². The van der Waals surface area contributed by atoms with Crippen LogP contribution in [0.1, 0.15) is 39.5 Å². The second-order valence-electron chi connectivity index (χ2n) is 4.53. The van der Waals surface area contributed by atoms with Gasteiger partial charge in [-0.1, -0.05) is 12.8 Å². The molecule has 1 aliphatic rings. The average Bonchev–Trinajstić information content (AvgIpc) is 2.51. The highest BCUT2D eigenvalue weighted by atomic mass is 16.5. The third-order valence-corrected chi connectivity index (χ3v) is 2.72. The predicted molar refractivity (Wildman–Crippen MR) is 57.4 cm³/mol. The zero-order valence-electron chi connectivity index (χ0n) is 9.38. The number of rotatable bonds is 6. The second-order valence-corrected chi connectivity index (χ2v) is 4.53. The summed E-state index contributed by atoms with van der Waals surface area (Å²) in [7, 11) is 0. The molecule has 1 rings (SSSR count). The van der Waals surface area contributed by atoms with Gasteiger partial charge >= 0.3 is 0 Å². The molecule has 2 N–H and O–H groups in total. The molecule has 1 aliphatic carbocycles. The molecular formula is C11H23NO2. The van der Waals surface area contributed by atoms with E-state index in [9.17, 15) is 5.11 Å². The van der Waals surface area contributed by atoms with Crippen molar-refractivity contribution in [3.05, 3.63) is 0 Å². The molecule has 0 aromatic heterocycles. The van der Waals surface area contributed by atoms with Crippen LogP contribution >= 0.6 is 0 Å². The molecule has 3 heteroatoms. The Kier molecular flexibility index (Phi) is 4.85. The minimum Gasteiger partial charge on any atom is -0.389 e. The van der Waals surface area contributed by atoms with Crippen molar-refractivity contribution in [1.82, 2.24) is 5.32 Å². The Labute approximate surface area is 86.8 Å². The maximum absolute atomic E-state index is 10.00. The molecule has 0 radical (unpaired) electrons. The molecule has 0 amide bonds. The average molecular weight is 201 g/mol. The predicted octanol–water partition coefficient (Wildman–Crippen LogP) is 1.31. The summed E-state index contributed by atoms with van der Waals surface area (Å²) in [6, 6.07) is 0.